The molecule has 0 aliphatic carbocycles. The Kier molecular flexibility index (Phi) is 7.47. The number of ether oxygens (including phenoxy) is 1. The van der Waals surface area contributed by atoms with Crippen molar-refractivity contribution in [1.29, 1.82) is 0 Å². The molecule has 13 heteroatoms. The predicted octanol–water partition coefficient (Wildman–Crippen LogP) is 2.68. The lowest BCUT2D eigenvalue weighted by Gasteiger charge is -2.36. The molecule has 200 valence electrons. The molecule has 2 aromatic carbocycles. The first-order valence-electron chi connectivity index (χ1n) is 12.3. The summed E-state index contributed by atoms with van der Waals surface area (Å²) in [6.07, 6.45) is 2.33. The molecular formula is C25H30N8O4S. The molecule has 1 saturated heterocycles. The van der Waals surface area contributed by atoms with Crippen LogP contribution in [0.15, 0.2) is 59.6 Å². The third-order valence-electron chi connectivity index (χ3n) is 6.36. The van der Waals surface area contributed by atoms with Gasteiger partial charge in [-0.3, -0.25) is 0 Å². The van der Waals surface area contributed by atoms with Crippen molar-refractivity contribution in [3.8, 4) is 5.75 Å². The van der Waals surface area contributed by atoms with Crippen LogP contribution in [0.5, 0.6) is 5.75 Å². The highest BCUT2D eigenvalue weighted by molar-refractivity contribution is 7.89. The number of hydrogen-bond donors (Lipinski definition) is 4. The Morgan fingerprint density at radius 1 is 1.05 bits per heavy atom. The average Bonchev–Trinajstić information content (AvgIpc) is 2.93. The smallest absolute Gasteiger partial charge is 0.321 e. The lowest BCUT2D eigenvalue weighted by molar-refractivity contribution is 0.208. The van der Waals surface area contributed by atoms with Gasteiger partial charge in [0.05, 0.1) is 23.9 Å². The van der Waals surface area contributed by atoms with E-state index in [0.717, 1.165) is 11.4 Å². The van der Waals surface area contributed by atoms with Gasteiger partial charge in [0.25, 0.3) is 0 Å². The van der Waals surface area contributed by atoms with Crippen LogP contribution in [0.4, 0.5) is 33.6 Å². The maximum absolute atomic E-state index is 12.8. The summed E-state index contributed by atoms with van der Waals surface area (Å²) >= 11 is 0. The molecule has 0 atom stereocenters. The minimum Gasteiger partial charge on any atom is -0.497 e. The number of nitrogens with zero attached hydrogens (tertiary/aromatic N) is 4. The van der Waals surface area contributed by atoms with Gasteiger partial charge in [0.15, 0.2) is 5.82 Å². The van der Waals surface area contributed by atoms with Crippen molar-refractivity contribution in [2.45, 2.75) is 11.3 Å². The summed E-state index contributed by atoms with van der Waals surface area (Å²) in [5.41, 5.74) is 2.11. The topological polar surface area (TPSA) is 141 Å². The minimum atomic E-state index is -3.61. The molecule has 3 aromatic rings. The number of carbonyl (C=O) groups is 1. The van der Waals surface area contributed by atoms with Crippen molar-refractivity contribution in [2.75, 3.05) is 67.2 Å². The van der Waals surface area contributed by atoms with Crippen LogP contribution >= 0.6 is 0 Å². The van der Waals surface area contributed by atoms with E-state index >= 15 is 0 Å². The SMILES string of the molecule is COc1ccc(NC(=O)N2CCN(c3cnc4nc3NCCCNS(=O)(=O)c3cccc(c3)N4)CC2)cc1. The number of fused-ring (bicyclic) bond motifs is 4. The Bertz CT molecular complexity index is 1390. The van der Waals surface area contributed by atoms with Crippen molar-refractivity contribution in [3.05, 3.63) is 54.7 Å². The molecule has 1 aromatic heterocycles. The van der Waals surface area contributed by atoms with E-state index in [2.05, 4.69) is 35.5 Å². The molecule has 0 unspecified atom stereocenters. The van der Waals surface area contributed by atoms with Crippen LogP contribution in [0.3, 0.4) is 0 Å². The van der Waals surface area contributed by atoms with Crippen molar-refractivity contribution in [3.63, 3.8) is 0 Å². The van der Waals surface area contributed by atoms with Crippen LogP contribution < -0.4 is 30.3 Å². The first-order valence-corrected chi connectivity index (χ1v) is 13.8. The molecule has 0 radical (unpaired) electrons. The second-order valence-corrected chi connectivity index (χ2v) is 10.7. The van der Waals surface area contributed by atoms with Gasteiger partial charge in [0.1, 0.15) is 5.75 Å². The zero-order chi connectivity index (χ0) is 26.5. The third kappa shape index (κ3) is 5.89. The van der Waals surface area contributed by atoms with Gasteiger partial charge < -0.3 is 30.5 Å². The van der Waals surface area contributed by atoms with Crippen LogP contribution in [0.1, 0.15) is 6.42 Å². The summed E-state index contributed by atoms with van der Waals surface area (Å²) in [4.78, 5) is 26.0. The fraction of sp³-hybridized carbons (Fsp3) is 0.320. The van der Waals surface area contributed by atoms with E-state index in [1.807, 2.05) is 0 Å². The molecule has 4 bridgehead atoms. The standard InChI is InChI=1S/C25H30N8O4S/c1-37-20-8-6-18(7-9-20)30-25(34)33-14-12-32(13-15-33)22-17-27-24-29-19-4-2-5-21(16-19)38(35,36)28-11-3-10-26-23(22)31-24/h2,4-9,16-17,28H,3,10-15H2,1H3,(H,30,34)(H2,26,27,29,31). The highest BCUT2D eigenvalue weighted by atomic mass is 32.2. The number of carbonyl (C=O) groups excluding carboxylic acids is 1. The summed E-state index contributed by atoms with van der Waals surface area (Å²) in [6.45, 7) is 3.12. The molecule has 1 fully saturated rings. The van der Waals surface area contributed by atoms with Gasteiger partial charge in [-0.25, -0.2) is 22.9 Å². The molecule has 4 N–H and O–H groups in total. The number of aromatic nitrogens is 2. The maximum Gasteiger partial charge on any atom is 0.321 e. The van der Waals surface area contributed by atoms with Gasteiger partial charge in [-0.2, -0.15) is 4.98 Å². The molecule has 2 aliphatic rings. The Balaban J connectivity index is 1.27. The fourth-order valence-corrected chi connectivity index (χ4v) is 5.40. The Labute approximate surface area is 221 Å². The van der Waals surface area contributed by atoms with E-state index in [-0.39, 0.29) is 10.9 Å². The molecule has 3 heterocycles. The van der Waals surface area contributed by atoms with Crippen LogP contribution in [-0.2, 0) is 10.0 Å². The number of anilines is 5. The highest BCUT2D eigenvalue weighted by Crippen LogP contribution is 2.27. The highest BCUT2D eigenvalue weighted by Gasteiger charge is 2.24. The number of piperazine rings is 1. The largest absolute Gasteiger partial charge is 0.497 e. The molecular weight excluding hydrogens is 508 g/mol. The summed E-state index contributed by atoms with van der Waals surface area (Å²) in [5.74, 6) is 1.74. The van der Waals surface area contributed by atoms with E-state index < -0.39 is 10.0 Å². The van der Waals surface area contributed by atoms with E-state index in [0.29, 0.717) is 68.8 Å². The Morgan fingerprint density at radius 2 is 1.84 bits per heavy atom. The van der Waals surface area contributed by atoms with Crippen molar-refractivity contribution >= 4 is 44.9 Å². The average molecular weight is 539 g/mol. The van der Waals surface area contributed by atoms with E-state index in [1.54, 1.807) is 66.7 Å². The molecule has 2 aliphatic heterocycles. The fourth-order valence-electron chi connectivity index (χ4n) is 4.28. The number of sulfonamides is 1. The van der Waals surface area contributed by atoms with Crippen molar-refractivity contribution in [2.24, 2.45) is 0 Å². The number of nitrogens with one attached hydrogen (secondary N) is 4. The Morgan fingerprint density at radius 3 is 2.61 bits per heavy atom. The summed E-state index contributed by atoms with van der Waals surface area (Å²) < 4.78 is 33.0. The zero-order valence-electron chi connectivity index (χ0n) is 21.0. The number of benzene rings is 2. The molecule has 5 rings (SSSR count). The maximum atomic E-state index is 12.8. The molecule has 12 nitrogen and oxygen atoms in total. The molecule has 0 saturated carbocycles. The van der Waals surface area contributed by atoms with Gasteiger partial charge in [-0.15, -0.1) is 0 Å². The van der Waals surface area contributed by atoms with Crippen LogP contribution in [0.2, 0.25) is 0 Å². The van der Waals surface area contributed by atoms with Gasteiger partial charge in [0.2, 0.25) is 16.0 Å². The van der Waals surface area contributed by atoms with E-state index in [9.17, 15) is 13.2 Å². The van der Waals surface area contributed by atoms with Crippen LogP contribution in [0, 0.1) is 0 Å². The van der Waals surface area contributed by atoms with E-state index in [4.69, 9.17) is 4.74 Å². The number of urea groups is 1. The number of hydrogen-bond acceptors (Lipinski definition) is 9. The van der Waals surface area contributed by atoms with Crippen molar-refractivity contribution < 1.29 is 17.9 Å². The predicted molar refractivity (Wildman–Crippen MR) is 146 cm³/mol. The number of amides is 2. The normalized spacial score (nSPS) is 17.1. The molecule has 0 spiro atoms. The molecule has 38 heavy (non-hydrogen) atoms. The van der Waals surface area contributed by atoms with Gasteiger partial charge in [0, 0.05) is 50.6 Å². The minimum absolute atomic E-state index is 0.154. The zero-order valence-corrected chi connectivity index (χ0v) is 21.8. The Hall–Kier alpha value is -4.10. The lowest BCUT2D eigenvalue weighted by atomic mass is 10.2. The van der Waals surface area contributed by atoms with Crippen LogP contribution in [-0.4, -0.2) is 75.7 Å². The quantitative estimate of drug-likeness (QED) is 0.396. The number of rotatable bonds is 3. The summed E-state index contributed by atoms with van der Waals surface area (Å²) in [5, 5.41) is 9.36. The summed E-state index contributed by atoms with van der Waals surface area (Å²) in [6, 6.07) is 13.6. The monoisotopic (exact) mass is 538 g/mol. The third-order valence-corrected chi connectivity index (χ3v) is 7.82. The first kappa shape index (κ1) is 25.5. The summed E-state index contributed by atoms with van der Waals surface area (Å²) in [7, 11) is -2.01. The van der Waals surface area contributed by atoms with Gasteiger partial charge >= 0.3 is 6.03 Å². The van der Waals surface area contributed by atoms with Gasteiger partial charge in [-0.1, -0.05) is 6.07 Å². The van der Waals surface area contributed by atoms with Crippen molar-refractivity contribution in [1.82, 2.24) is 19.6 Å². The number of methoxy groups -OCH3 is 1. The second kappa shape index (κ2) is 11.1. The van der Waals surface area contributed by atoms with E-state index in [1.165, 1.54) is 0 Å². The lowest BCUT2D eigenvalue weighted by Crippen LogP contribution is -2.50. The van der Waals surface area contributed by atoms with Crippen LogP contribution in [0.25, 0.3) is 0 Å². The first-order chi connectivity index (χ1) is 18.4. The molecule has 2 amide bonds. The second-order valence-electron chi connectivity index (χ2n) is 8.89. The van der Waals surface area contributed by atoms with Gasteiger partial charge in [-0.05, 0) is 48.9 Å².